The molecule has 2 aliphatic heterocycles. The molecule has 0 unspecified atom stereocenters. The summed E-state index contributed by atoms with van der Waals surface area (Å²) in [5.74, 6) is 0. The quantitative estimate of drug-likeness (QED) is 0.0842. The van der Waals surface area contributed by atoms with Crippen molar-refractivity contribution in [1.29, 1.82) is 0 Å². The van der Waals surface area contributed by atoms with E-state index in [-0.39, 0.29) is 6.85 Å². The number of benzene rings is 11. The summed E-state index contributed by atoms with van der Waals surface area (Å²) in [5, 5.41) is 0. The number of anilines is 8. The Bertz CT molecular complexity index is 3740. The lowest BCUT2D eigenvalue weighted by molar-refractivity contribution is 0.717. The van der Waals surface area contributed by atoms with Crippen LogP contribution < -0.4 is 25.5 Å². The first kappa shape index (κ1) is 46.7. The van der Waals surface area contributed by atoms with Crippen LogP contribution in [0.1, 0.15) is 37.3 Å². The van der Waals surface area contributed by atoms with Gasteiger partial charge in [0, 0.05) is 51.1 Å². The van der Waals surface area contributed by atoms with Crippen LogP contribution in [0.3, 0.4) is 0 Å². The van der Waals surface area contributed by atoms with E-state index in [2.05, 4.69) is 295 Å². The molecule has 76 heavy (non-hydrogen) atoms. The van der Waals surface area contributed by atoms with Gasteiger partial charge in [0.15, 0.2) is 0 Å². The number of rotatable bonds is 13. The highest BCUT2D eigenvalue weighted by atomic mass is 15.2. The van der Waals surface area contributed by atoms with Gasteiger partial charge in [-0.2, -0.15) is 0 Å². The third kappa shape index (κ3) is 8.66. The second kappa shape index (κ2) is 20.3. The molecule has 0 fully saturated rings. The second-order valence-electron chi connectivity index (χ2n) is 20.3. The molecule has 4 heteroatoms. The smallest absolute Gasteiger partial charge is 0.333 e. The highest BCUT2D eigenvalue weighted by Gasteiger charge is 2.45. The summed E-state index contributed by atoms with van der Waals surface area (Å²) in [6, 6.07) is 98.8. The number of fused-ring (bicyclic) bond motifs is 4. The Morgan fingerprint density at radius 1 is 0.368 bits per heavy atom. The van der Waals surface area contributed by atoms with E-state index in [1.165, 1.54) is 113 Å². The highest BCUT2D eigenvalue weighted by molar-refractivity contribution is 6.93. The predicted octanol–water partition coefficient (Wildman–Crippen LogP) is 18.6. The molecule has 0 aromatic heterocycles. The first-order valence-electron chi connectivity index (χ1n) is 27.0. The molecule has 0 N–H and O–H groups in total. The number of hydrogen-bond donors (Lipinski definition) is 0. The van der Waals surface area contributed by atoms with Crippen molar-refractivity contribution in [2.24, 2.45) is 0 Å². The summed E-state index contributed by atoms with van der Waals surface area (Å²) in [6.45, 7) is 4.44. The molecule has 0 spiro atoms. The Balaban J connectivity index is 1.06. The molecule has 0 amide bonds. The van der Waals surface area contributed by atoms with Crippen molar-refractivity contribution in [2.75, 3.05) is 14.6 Å². The SMILES string of the molecule is CCCCCc1cc2c3c(c1)N(c1ccccc1C)c1cc(-c4ccccc4)ccc1B3N(c1ccc(-c3ccccc3)cc1)c1ccc(N(c3ccc(-c4ccccc4)cc3)c3ccc(-c4ccccc4)cc3)cc1-2. The minimum atomic E-state index is -0.122. The van der Waals surface area contributed by atoms with Crippen LogP contribution in [0, 0.1) is 6.92 Å². The highest BCUT2D eigenvalue weighted by Crippen LogP contribution is 2.50. The maximum absolute atomic E-state index is 2.64. The van der Waals surface area contributed by atoms with Crippen molar-refractivity contribution >= 4 is 63.3 Å². The van der Waals surface area contributed by atoms with E-state index in [1.807, 2.05) is 0 Å². The minimum absolute atomic E-state index is 0.122. The Kier molecular flexibility index (Phi) is 12.5. The largest absolute Gasteiger partial charge is 0.376 e. The van der Waals surface area contributed by atoms with Gasteiger partial charge in [-0.3, -0.25) is 0 Å². The molecule has 364 valence electrons. The molecule has 0 radical (unpaired) electrons. The number of aryl methyl sites for hydroxylation is 2. The summed E-state index contributed by atoms with van der Waals surface area (Å²) in [5.41, 5.74) is 26.6. The number of hydrogen-bond acceptors (Lipinski definition) is 3. The number of unbranched alkanes of at least 4 members (excludes halogenated alkanes) is 2. The zero-order valence-electron chi connectivity index (χ0n) is 43.2. The van der Waals surface area contributed by atoms with Gasteiger partial charge in [-0.1, -0.05) is 214 Å². The molecule has 0 bridgehead atoms. The monoisotopic (exact) mass is 975 g/mol. The van der Waals surface area contributed by atoms with Crippen molar-refractivity contribution in [3.8, 4) is 55.6 Å². The summed E-state index contributed by atoms with van der Waals surface area (Å²) < 4.78 is 0. The molecule has 0 saturated heterocycles. The van der Waals surface area contributed by atoms with Crippen LogP contribution in [0.5, 0.6) is 0 Å². The van der Waals surface area contributed by atoms with Gasteiger partial charge in [0.1, 0.15) is 0 Å². The minimum Gasteiger partial charge on any atom is -0.376 e. The van der Waals surface area contributed by atoms with Crippen molar-refractivity contribution in [3.05, 3.63) is 278 Å². The Hall–Kier alpha value is -9.12. The van der Waals surface area contributed by atoms with Gasteiger partial charge in [-0.15, -0.1) is 0 Å². The van der Waals surface area contributed by atoms with Crippen LogP contribution in [0.25, 0.3) is 55.6 Å². The Morgan fingerprint density at radius 2 is 0.855 bits per heavy atom. The number of para-hydroxylation sites is 1. The molecule has 13 rings (SSSR count). The molecule has 0 aliphatic carbocycles. The van der Waals surface area contributed by atoms with Crippen LogP contribution in [0.15, 0.2) is 267 Å². The average Bonchev–Trinajstić information content (AvgIpc) is 3.57. The van der Waals surface area contributed by atoms with Gasteiger partial charge < -0.3 is 14.6 Å². The van der Waals surface area contributed by atoms with E-state index < -0.39 is 0 Å². The van der Waals surface area contributed by atoms with E-state index in [1.54, 1.807) is 0 Å². The van der Waals surface area contributed by atoms with Gasteiger partial charge in [0.25, 0.3) is 0 Å². The first-order valence-corrected chi connectivity index (χ1v) is 27.0. The number of nitrogens with zero attached hydrogens (tertiary/aromatic N) is 3. The van der Waals surface area contributed by atoms with Crippen LogP contribution in [-0.4, -0.2) is 6.85 Å². The maximum atomic E-state index is 2.64. The maximum Gasteiger partial charge on any atom is 0.333 e. The molecule has 2 heterocycles. The molecule has 3 nitrogen and oxygen atoms in total. The first-order chi connectivity index (χ1) is 37.6. The fourth-order valence-corrected chi connectivity index (χ4v) is 11.8. The van der Waals surface area contributed by atoms with Crippen LogP contribution in [-0.2, 0) is 6.42 Å². The van der Waals surface area contributed by atoms with Gasteiger partial charge in [-0.25, -0.2) is 0 Å². The zero-order chi connectivity index (χ0) is 51.0. The fourth-order valence-electron chi connectivity index (χ4n) is 11.8. The zero-order valence-corrected chi connectivity index (χ0v) is 43.2. The van der Waals surface area contributed by atoms with Crippen LogP contribution in [0.4, 0.5) is 45.5 Å². The molecule has 11 aromatic rings. The molecular weight excluding hydrogens is 918 g/mol. The van der Waals surface area contributed by atoms with Crippen molar-refractivity contribution in [2.45, 2.75) is 39.5 Å². The summed E-state index contributed by atoms with van der Waals surface area (Å²) >= 11 is 0. The normalized spacial score (nSPS) is 12.2. The van der Waals surface area contributed by atoms with Crippen LogP contribution >= 0.6 is 0 Å². The Morgan fingerprint density at radius 3 is 1.41 bits per heavy atom. The molecule has 11 aromatic carbocycles. The van der Waals surface area contributed by atoms with Gasteiger partial charge in [0.2, 0.25) is 0 Å². The lowest BCUT2D eigenvalue weighted by atomic mass is 9.43. The third-order valence-electron chi connectivity index (χ3n) is 15.6. The standard InChI is InChI=1S/C72H58BN3/c1-3-4-9-21-52-47-66-65-50-64(74(61-38-31-57(32-39-61)53-22-10-5-11-23-53)62-40-33-58(34-41-62)54-24-12-6-13-25-54)44-46-69(65)76(63-42-35-59(36-43-63)55-26-14-7-15-27-55)73-67-45-37-60(56-28-16-8-17-29-56)49-70(67)75(71(48-52)72(66)73)68-30-19-18-20-51(68)2/h5-8,10-20,22-50H,3-4,9,21H2,1-2H3. The molecule has 2 aliphatic rings. The van der Waals surface area contributed by atoms with Gasteiger partial charge in [0.05, 0.1) is 0 Å². The van der Waals surface area contributed by atoms with E-state index in [9.17, 15) is 0 Å². The topological polar surface area (TPSA) is 9.72 Å². The Labute approximate surface area is 448 Å². The van der Waals surface area contributed by atoms with Gasteiger partial charge in [-0.05, 0) is 165 Å². The van der Waals surface area contributed by atoms with Crippen molar-refractivity contribution < 1.29 is 0 Å². The summed E-state index contributed by atoms with van der Waals surface area (Å²) in [4.78, 5) is 7.67. The van der Waals surface area contributed by atoms with Crippen molar-refractivity contribution in [3.63, 3.8) is 0 Å². The van der Waals surface area contributed by atoms with Crippen molar-refractivity contribution in [1.82, 2.24) is 0 Å². The average molecular weight is 976 g/mol. The predicted molar refractivity (Wildman–Crippen MR) is 325 cm³/mol. The molecule has 0 saturated carbocycles. The summed E-state index contributed by atoms with van der Waals surface area (Å²) in [6.07, 6.45) is 4.50. The van der Waals surface area contributed by atoms with E-state index in [0.29, 0.717) is 0 Å². The van der Waals surface area contributed by atoms with E-state index >= 15 is 0 Å². The molecule has 0 atom stereocenters. The van der Waals surface area contributed by atoms with Crippen LogP contribution in [0.2, 0.25) is 0 Å². The third-order valence-corrected chi connectivity index (χ3v) is 15.6. The molecular formula is C72H58BN3. The lowest BCUT2D eigenvalue weighted by Gasteiger charge is -2.46. The fraction of sp³-hybridized carbons (Fsp3) is 0.0833. The van der Waals surface area contributed by atoms with E-state index in [0.717, 1.165) is 35.6 Å². The second-order valence-corrected chi connectivity index (χ2v) is 20.3. The van der Waals surface area contributed by atoms with Gasteiger partial charge >= 0.3 is 6.85 Å². The van der Waals surface area contributed by atoms with E-state index in [4.69, 9.17) is 0 Å². The summed E-state index contributed by atoms with van der Waals surface area (Å²) in [7, 11) is 0. The lowest BCUT2D eigenvalue weighted by Crippen LogP contribution is -2.61.